The third kappa shape index (κ3) is 2.28. The van der Waals surface area contributed by atoms with Crippen molar-refractivity contribution in [2.45, 2.75) is 57.3 Å². The van der Waals surface area contributed by atoms with E-state index in [2.05, 4.69) is 17.1 Å². The summed E-state index contributed by atoms with van der Waals surface area (Å²) in [4.78, 5) is 0. The summed E-state index contributed by atoms with van der Waals surface area (Å²) in [5, 5.41) is 11.2. The molecule has 1 aliphatic carbocycles. The minimum absolute atomic E-state index is 0.360. The molecule has 0 aromatic carbocycles. The summed E-state index contributed by atoms with van der Waals surface area (Å²) in [5.41, 5.74) is 5.87. The molecule has 90 valence electrons. The average molecular weight is 239 g/mol. The maximum Gasteiger partial charge on any atom is 0.123 e. The second-order valence-electron chi connectivity index (χ2n) is 4.73. The Morgan fingerprint density at radius 3 is 2.69 bits per heavy atom. The number of nitrogens with zero attached hydrogens (tertiary/aromatic N) is 2. The number of hydrogen-bond acceptors (Lipinski definition) is 4. The molecular weight excluding hydrogens is 218 g/mol. The molecule has 0 spiro atoms. The van der Waals surface area contributed by atoms with Gasteiger partial charge in [-0.05, 0) is 32.2 Å². The molecule has 0 saturated heterocycles. The lowest BCUT2D eigenvalue weighted by atomic mass is 9.84. The molecule has 0 amide bonds. The molecule has 4 heteroatoms. The fraction of sp³-hybridized carbons (Fsp3) is 0.833. The normalized spacial score (nSPS) is 19.1. The number of aromatic nitrogens is 2. The topological polar surface area (TPSA) is 51.8 Å². The van der Waals surface area contributed by atoms with Gasteiger partial charge in [-0.2, -0.15) is 0 Å². The van der Waals surface area contributed by atoms with Crippen molar-refractivity contribution in [1.82, 2.24) is 10.2 Å². The summed E-state index contributed by atoms with van der Waals surface area (Å²) in [6.45, 7) is 3.03. The highest BCUT2D eigenvalue weighted by Gasteiger charge is 2.36. The zero-order valence-electron chi connectivity index (χ0n) is 10.0. The summed E-state index contributed by atoms with van der Waals surface area (Å²) in [5.74, 6) is 0. The molecule has 3 nitrogen and oxygen atoms in total. The summed E-state index contributed by atoms with van der Waals surface area (Å²) in [6.07, 6.45) is 8.53. The lowest BCUT2D eigenvalue weighted by molar-refractivity contribution is 0.419. The summed E-state index contributed by atoms with van der Waals surface area (Å²) in [6, 6.07) is 0. The van der Waals surface area contributed by atoms with Crippen LogP contribution in [0.1, 0.15) is 55.5 Å². The van der Waals surface area contributed by atoms with E-state index in [1.54, 1.807) is 0 Å². The van der Waals surface area contributed by atoms with Crippen LogP contribution in [0.5, 0.6) is 0 Å². The number of nitrogens with two attached hydrogens (primary N) is 1. The predicted molar refractivity (Wildman–Crippen MR) is 67.7 cm³/mol. The van der Waals surface area contributed by atoms with Crippen molar-refractivity contribution in [1.29, 1.82) is 0 Å². The second kappa shape index (κ2) is 5.23. The Hall–Kier alpha value is -0.480. The van der Waals surface area contributed by atoms with Crippen LogP contribution in [0, 0.1) is 0 Å². The largest absolute Gasteiger partial charge is 0.330 e. The van der Waals surface area contributed by atoms with E-state index >= 15 is 0 Å². The third-order valence-corrected chi connectivity index (χ3v) is 4.98. The molecule has 2 rings (SSSR count). The SMILES string of the molecule is CCC1(c2nnc(CCCN)s2)CCCC1. The van der Waals surface area contributed by atoms with Gasteiger partial charge in [0.1, 0.15) is 10.0 Å². The molecule has 1 aromatic heterocycles. The molecule has 1 heterocycles. The standard InChI is InChI=1S/C12H21N3S/c1-2-12(7-3-4-8-12)11-15-14-10(16-11)6-5-9-13/h2-9,13H2,1H3. The summed E-state index contributed by atoms with van der Waals surface area (Å²) >= 11 is 1.82. The lowest BCUT2D eigenvalue weighted by Crippen LogP contribution is -2.20. The fourth-order valence-electron chi connectivity index (χ4n) is 2.59. The average Bonchev–Trinajstić information content (AvgIpc) is 2.95. The van der Waals surface area contributed by atoms with Crippen LogP contribution in [0.4, 0.5) is 0 Å². The van der Waals surface area contributed by atoms with Crippen LogP contribution in [-0.4, -0.2) is 16.7 Å². The predicted octanol–water partition coefficient (Wildman–Crippen LogP) is 2.65. The molecule has 2 N–H and O–H groups in total. The van der Waals surface area contributed by atoms with Crippen LogP contribution in [0.15, 0.2) is 0 Å². The van der Waals surface area contributed by atoms with Crippen LogP contribution in [-0.2, 0) is 11.8 Å². The first-order valence-corrected chi connectivity index (χ1v) is 7.15. The molecule has 1 fully saturated rings. The Labute approximate surface area is 101 Å². The number of aryl methyl sites for hydroxylation is 1. The van der Waals surface area contributed by atoms with Gasteiger partial charge in [-0.25, -0.2) is 0 Å². The Morgan fingerprint density at radius 2 is 2.06 bits per heavy atom. The first-order valence-electron chi connectivity index (χ1n) is 6.34. The highest BCUT2D eigenvalue weighted by Crippen LogP contribution is 2.44. The van der Waals surface area contributed by atoms with Crippen molar-refractivity contribution in [3.05, 3.63) is 10.0 Å². The van der Waals surface area contributed by atoms with Crippen LogP contribution in [0.2, 0.25) is 0 Å². The zero-order valence-corrected chi connectivity index (χ0v) is 10.9. The van der Waals surface area contributed by atoms with Gasteiger partial charge in [0, 0.05) is 11.8 Å². The molecule has 0 unspecified atom stereocenters. The van der Waals surface area contributed by atoms with Crippen molar-refractivity contribution in [3.63, 3.8) is 0 Å². The molecule has 16 heavy (non-hydrogen) atoms. The first kappa shape index (κ1) is 12.0. The van der Waals surface area contributed by atoms with E-state index in [1.807, 2.05) is 11.3 Å². The Kier molecular flexibility index (Phi) is 3.92. The van der Waals surface area contributed by atoms with Crippen LogP contribution < -0.4 is 5.73 Å². The van der Waals surface area contributed by atoms with Crippen molar-refractivity contribution < 1.29 is 0 Å². The van der Waals surface area contributed by atoms with Gasteiger partial charge < -0.3 is 5.73 Å². The van der Waals surface area contributed by atoms with Crippen molar-refractivity contribution in [3.8, 4) is 0 Å². The molecular formula is C12H21N3S. The van der Waals surface area contributed by atoms with Gasteiger partial charge in [-0.3, -0.25) is 0 Å². The monoisotopic (exact) mass is 239 g/mol. The smallest absolute Gasteiger partial charge is 0.123 e. The van der Waals surface area contributed by atoms with Crippen LogP contribution in [0.3, 0.4) is 0 Å². The van der Waals surface area contributed by atoms with Gasteiger partial charge >= 0.3 is 0 Å². The maximum absolute atomic E-state index is 5.51. The number of rotatable bonds is 5. The van der Waals surface area contributed by atoms with Crippen molar-refractivity contribution in [2.24, 2.45) is 5.73 Å². The van der Waals surface area contributed by atoms with E-state index in [-0.39, 0.29) is 0 Å². The van der Waals surface area contributed by atoms with E-state index in [0.717, 1.165) is 19.4 Å². The van der Waals surface area contributed by atoms with Gasteiger partial charge in [0.05, 0.1) is 0 Å². The highest BCUT2D eigenvalue weighted by atomic mass is 32.1. The van der Waals surface area contributed by atoms with Gasteiger partial charge in [0.25, 0.3) is 0 Å². The summed E-state index contributed by atoms with van der Waals surface area (Å²) < 4.78 is 0. The molecule has 1 saturated carbocycles. The van der Waals surface area contributed by atoms with E-state index in [0.29, 0.717) is 5.41 Å². The van der Waals surface area contributed by atoms with E-state index in [1.165, 1.54) is 42.1 Å². The second-order valence-corrected chi connectivity index (χ2v) is 5.80. The maximum atomic E-state index is 5.51. The third-order valence-electron chi connectivity index (χ3n) is 3.75. The summed E-state index contributed by atoms with van der Waals surface area (Å²) in [7, 11) is 0. The highest BCUT2D eigenvalue weighted by molar-refractivity contribution is 7.11. The molecule has 0 aliphatic heterocycles. The van der Waals surface area contributed by atoms with E-state index in [9.17, 15) is 0 Å². The van der Waals surface area contributed by atoms with Gasteiger partial charge in [0.2, 0.25) is 0 Å². The zero-order chi connectivity index (χ0) is 11.4. The quantitative estimate of drug-likeness (QED) is 0.859. The minimum atomic E-state index is 0.360. The van der Waals surface area contributed by atoms with Gasteiger partial charge in [-0.15, -0.1) is 21.5 Å². The Morgan fingerprint density at radius 1 is 1.31 bits per heavy atom. The minimum Gasteiger partial charge on any atom is -0.330 e. The van der Waals surface area contributed by atoms with Crippen LogP contribution in [0.25, 0.3) is 0 Å². The first-order chi connectivity index (χ1) is 7.80. The molecule has 1 aromatic rings. The molecule has 0 radical (unpaired) electrons. The van der Waals surface area contributed by atoms with Gasteiger partial charge in [-0.1, -0.05) is 19.8 Å². The molecule has 0 atom stereocenters. The van der Waals surface area contributed by atoms with Gasteiger partial charge in [0.15, 0.2) is 0 Å². The Bertz CT molecular complexity index is 329. The fourth-order valence-corrected chi connectivity index (χ4v) is 3.79. The molecule has 0 bridgehead atoms. The number of hydrogen-bond donors (Lipinski definition) is 1. The molecule has 1 aliphatic rings. The van der Waals surface area contributed by atoms with Crippen LogP contribution >= 0.6 is 11.3 Å². The van der Waals surface area contributed by atoms with E-state index < -0.39 is 0 Å². The van der Waals surface area contributed by atoms with E-state index in [4.69, 9.17) is 5.73 Å². The Balaban J connectivity index is 2.10. The lowest BCUT2D eigenvalue weighted by Gasteiger charge is -2.23. The van der Waals surface area contributed by atoms with Crippen molar-refractivity contribution in [2.75, 3.05) is 6.54 Å². The van der Waals surface area contributed by atoms with Crippen molar-refractivity contribution >= 4 is 11.3 Å².